The van der Waals surface area contributed by atoms with Crippen LogP contribution in [0.2, 0.25) is 5.02 Å². The van der Waals surface area contributed by atoms with Crippen molar-refractivity contribution in [2.45, 2.75) is 26.4 Å². The van der Waals surface area contributed by atoms with Crippen LogP contribution in [0.4, 0.5) is 11.4 Å². The molecule has 0 saturated carbocycles. The Bertz CT molecular complexity index is 1270. The second kappa shape index (κ2) is 9.82. The molecular formula is C28H28ClN3O3. The molecule has 0 bridgehead atoms. The summed E-state index contributed by atoms with van der Waals surface area (Å²) in [5.74, 6) is -0.364. The van der Waals surface area contributed by atoms with E-state index < -0.39 is 0 Å². The Morgan fingerprint density at radius 3 is 2.57 bits per heavy atom. The first-order valence-electron chi connectivity index (χ1n) is 11.8. The van der Waals surface area contributed by atoms with Crippen molar-refractivity contribution in [3.63, 3.8) is 0 Å². The molecule has 6 nitrogen and oxygen atoms in total. The molecule has 0 aromatic heterocycles. The van der Waals surface area contributed by atoms with Crippen molar-refractivity contribution >= 4 is 34.8 Å². The van der Waals surface area contributed by atoms with Crippen LogP contribution in [0.3, 0.4) is 0 Å². The Labute approximate surface area is 210 Å². The molecule has 7 heteroatoms. The van der Waals surface area contributed by atoms with E-state index >= 15 is 0 Å². The molecule has 0 spiro atoms. The SMILES string of the molecule is Cc1cccc(C)c1C(=O)Nc1ccc(C(=O)N2CC3COCCN3Cc3ccccc32)c(Cl)c1. The van der Waals surface area contributed by atoms with E-state index in [9.17, 15) is 9.59 Å². The second-order valence-corrected chi connectivity index (χ2v) is 9.57. The molecule has 5 rings (SSSR count). The summed E-state index contributed by atoms with van der Waals surface area (Å²) in [6.45, 7) is 7.27. The number of amides is 2. The lowest BCUT2D eigenvalue weighted by Gasteiger charge is -2.35. The van der Waals surface area contributed by atoms with Crippen LogP contribution in [0.5, 0.6) is 0 Å². The van der Waals surface area contributed by atoms with Crippen molar-refractivity contribution in [1.29, 1.82) is 0 Å². The highest BCUT2D eigenvalue weighted by Gasteiger charge is 2.33. The molecule has 1 atom stereocenters. The highest BCUT2D eigenvalue weighted by Crippen LogP contribution is 2.31. The van der Waals surface area contributed by atoms with E-state index in [1.54, 1.807) is 18.2 Å². The zero-order valence-corrected chi connectivity index (χ0v) is 20.6. The van der Waals surface area contributed by atoms with E-state index in [1.165, 1.54) is 0 Å². The monoisotopic (exact) mass is 489 g/mol. The van der Waals surface area contributed by atoms with Gasteiger partial charge in [0.05, 0.1) is 29.8 Å². The molecule has 35 heavy (non-hydrogen) atoms. The van der Waals surface area contributed by atoms with E-state index in [1.807, 2.05) is 55.1 Å². The Balaban J connectivity index is 1.41. The van der Waals surface area contributed by atoms with Crippen LogP contribution >= 0.6 is 11.6 Å². The van der Waals surface area contributed by atoms with Crippen LogP contribution < -0.4 is 10.2 Å². The molecule has 1 N–H and O–H groups in total. The van der Waals surface area contributed by atoms with Crippen molar-refractivity contribution in [2.75, 3.05) is 36.5 Å². The standard InChI is InChI=1S/C28H28ClN3O3/c1-18-6-5-7-19(2)26(18)27(33)30-21-10-11-23(24(29)14-21)28(34)32-16-22-17-35-13-12-31(22)15-20-8-3-4-9-25(20)32/h3-11,14,22H,12-13,15-17H2,1-2H3,(H,30,33). The van der Waals surface area contributed by atoms with Gasteiger partial charge in [-0.05, 0) is 54.8 Å². The van der Waals surface area contributed by atoms with Gasteiger partial charge in [-0.1, -0.05) is 48.0 Å². The van der Waals surface area contributed by atoms with Gasteiger partial charge in [-0.25, -0.2) is 0 Å². The summed E-state index contributed by atoms with van der Waals surface area (Å²) in [4.78, 5) is 30.8. The number of hydrogen-bond acceptors (Lipinski definition) is 4. The van der Waals surface area contributed by atoms with Crippen molar-refractivity contribution in [3.8, 4) is 0 Å². The molecule has 1 fully saturated rings. The number of morpholine rings is 1. The quantitative estimate of drug-likeness (QED) is 0.558. The molecule has 2 aliphatic heterocycles. The third kappa shape index (κ3) is 4.69. The molecule has 180 valence electrons. The van der Waals surface area contributed by atoms with E-state index in [0.717, 1.165) is 35.5 Å². The number of carbonyl (C=O) groups excluding carboxylic acids is 2. The molecule has 0 radical (unpaired) electrons. The Hall–Kier alpha value is -3.19. The van der Waals surface area contributed by atoms with E-state index in [4.69, 9.17) is 16.3 Å². The number of ether oxygens (including phenoxy) is 1. The summed E-state index contributed by atoms with van der Waals surface area (Å²) in [5.41, 5.74) is 5.40. The van der Waals surface area contributed by atoms with Crippen LogP contribution in [0.25, 0.3) is 0 Å². The largest absolute Gasteiger partial charge is 0.378 e. The Kier molecular flexibility index (Phi) is 6.60. The maximum atomic E-state index is 13.7. The molecular weight excluding hydrogens is 462 g/mol. The molecule has 1 saturated heterocycles. The minimum atomic E-state index is -0.199. The first kappa shape index (κ1) is 23.5. The predicted molar refractivity (Wildman–Crippen MR) is 138 cm³/mol. The minimum Gasteiger partial charge on any atom is -0.378 e. The van der Waals surface area contributed by atoms with Gasteiger partial charge >= 0.3 is 0 Å². The number of anilines is 2. The third-order valence-electron chi connectivity index (χ3n) is 6.81. The first-order chi connectivity index (χ1) is 16.9. The molecule has 3 aromatic rings. The second-order valence-electron chi connectivity index (χ2n) is 9.16. The summed E-state index contributed by atoms with van der Waals surface area (Å²) in [6, 6.07) is 18.9. The van der Waals surface area contributed by atoms with Gasteiger partial charge < -0.3 is 15.0 Å². The smallest absolute Gasteiger partial charge is 0.259 e. The van der Waals surface area contributed by atoms with Gasteiger partial charge in [0.1, 0.15) is 0 Å². The summed E-state index contributed by atoms with van der Waals surface area (Å²) < 4.78 is 5.71. The fourth-order valence-corrected chi connectivity index (χ4v) is 5.23. The average Bonchev–Trinajstić information content (AvgIpc) is 3.00. The summed E-state index contributed by atoms with van der Waals surface area (Å²) >= 11 is 6.61. The Morgan fingerprint density at radius 1 is 1.03 bits per heavy atom. The number of nitrogens with zero attached hydrogens (tertiary/aromatic N) is 2. The number of carbonyl (C=O) groups is 2. The van der Waals surface area contributed by atoms with Crippen LogP contribution in [0, 0.1) is 13.8 Å². The zero-order valence-electron chi connectivity index (χ0n) is 19.9. The van der Waals surface area contributed by atoms with Gasteiger partial charge in [-0.2, -0.15) is 0 Å². The first-order valence-corrected chi connectivity index (χ1v) is 12.2. The summed E-state index contributed by atoms with van der Waals surface area (Å²) in [5, 5.41) is 3.22. The fourth-order valence-electron chi connectivity index (χ4n) is 4.97. The summed E-state index contributed by atoms with van der Waals surface area (Å²) in [6.07, 6.45) is 0. The van der Waals surface area contributed by atoms with Crippen molar-refractivity contribution in [3.05, 3.63) is 93.5 Å². The maximum absolute atomic E-state index is 13.7. The topological polar surface area (TPSA) is 61.9 Å². The number of para-hydroxylation sites is 1. The van der Waals surface area contributed by atoms with Gasteiger partial charge in [0.15, 0.2) is 0 Å². The third-order valence-corrected chi connectivity index (χ3v) is 7.12. The maximum Gasteiger partial charge on any atom is 0.259 e. The van der Waals surface area contributed by atoms with E-state index in [-0.39, 0.29) is 17.9 Å². The number of halogens is 1. The van der Waals surface area contributed by atoms with Crippen molar-refractivity contribution in [1.82, 2.24) is 4.90 Å². The number of hydrogen-bond donors (Lipinski definition) is 1. The number of fused-ring (bicyclic) bond motifs is 2. The summed E-state index contributed by atoms with van der Waals surface area (Å²) in [7, 11) is 0. The number of nitrogens with one attached hydrogen (secondary N) is 1. The van der Waals surface area contributed by atoms with Crippen molar-refractivity contribution < 1.29 is 14.3 Å². The van der Waals surface area contributed by atoms with Gasteiger partial charge in [-0.3, -0.25) is 14.5 Å². The van der Waals surface area contributed by atoms with Crippen molar-refractivity contribution in [2.24, 2.45) is 0 Å². The molecule has 0 aliphatic carbocycles. The lowest BCUT2D eigenvalue weighted by molar-refractivity contribution is -0.00653. The zero-order chi connectivity index (χ0) is 24.5. The van der Waals surface area contributed by atoms with Crippen LogP contribution in [-0.2, 0) is 11.3 Å². The molecule has 3 aromatic carbocycles. The molecule has 1 unspecified atom stereocenters. The number of aryl methyl sites for hydroxylation is 2. The highest BCUT2D eigenvalue weighted by molar-refractivity contribution is 6.35. The molecule has 2 aliphatic rings. The van der Waals surface area contributed by atoms with Gasteiger partial charge in [0.25, 0.3) is 11.8 Å². The van der Waals surface area contributed by atoms with Gasteiger partial charge in [0.2, 0.25) is 0 Å². The predicted octanol–water partition coefficient (Wildman–Crippen LogP) is 5.07. The highest BCUT2D eigenvalue weighted by atomic mass is 35.5. The lowest BCUT2D eigenvalue weighted by atomic mass is 10.0. The van der Waals surface area contributed by atoms with E-state index in [2.05, 4.69) is 16.3 Å². The average molecular weight is 490 g/mol. The number of benzene rings is 3. The molecule has 2 amide bonds. The Morgan fingerprint density at radius 2 is 1.80 bits per heavy atom. The molecule has 2 heterocycles. The van der Waals surface area contributed by atoms with Gasteiger partial charge in [-0.15, -0.1) is 0 Å². The number of rotatable bonds is 3. The lowest BCUT2D eigenvalue weighted by Crippen LogP contribution is -2.50. The van der Waals surface area contributed by atoms with Crippen LogP contribution in [0.1, 0.15) is 37.4 Å². The van der Waals surface area contributed by atoms with Gasteiger partial charge in [0, 0.05) is 36.6 Å². The van der Waals surface area contributed by atoms with Crippen LogP contribution in [-0.4, -0.2) is 49.1 Å². The van der Waals surface area contributed by atoms with Crippen LogP contribution in [0.15, 0.2) is 60.7 Å². The fraction of sp³-hybridized carbons (Fsp3) is 0.286. The normalized spacial score (nSPS) is 17.8. The van der Waals surface area contributed by atoms with E-state index in [0.29, 0.717) is 41.6 Å². The minimum absolute atomic E-state index is 0.120.